The minimum atomic E-state index is -0.847. The van der Waals surface area contributed by atoms with E-state index in [-0.39, 0.29) is 18.5 Å². The van der Waals surface area contributed by atoms with Crippen molar-refractivity contribution in [2.24, 2.45) is 0 Å². The third-order valence-electron chi connectivity index (χ3n) is 9.26. The molecule has 1 spiro atoms. The first-order chi connectivity index (χ1) is 23.4. The van der Waals surface area contributed by atoms with Crippen molar-refractivity contribution in [3.63, 3.8) is 0 Å². The maximum Gasteiger partial charge on any atom is 0.327 e. The number of urea groups is 1. The van der Waals surface area contributed by atoms with E-state index in [0.717, 1.165) is 33.8 Å². The van der Waals surface area contributed by atoms with Crippen LogP contribution < -0.4 is 18.9 Å². The van der Waals surface area contributed by atoms with Gasteiger partial charge in [-0.3, -0.25) is 14.6 Å². The Morgan fingerprint density at radius 3 is 1.79 bits per heavy atom. The molecule has 9 nitrogen and oxygen atoms in total. The quantitative estimate of drug-likeness (QED) is 0.150. The fourth-order valence-electron chi connectivity index (χ4n) is 6.68. The first-order valence-electron chi connectivity index (χ1n) is 16.5. The van der Waals surface area contributed by atoms with E-state index in [1.165, 1.54) is 4.90 Å². The molecule has 9 heteroatoms. The lowest BCUT2D eigenvalue weighted by Crippen LogP contribution is -2.56. The highest BCUT2D eigenvalue weighted by Gasteiger charge is 2.57. The van der Waals surface area contributed by atoms with E-state index in [1.54, 1.807) is 19.1 Å². The van der Waals surface area contributed by atoms with Crippen LogP contribution in [-0.4, -0.2) is 66.0 Å². The predicted octanol–water partition coefficient (Wildman–Crippen LogP) is 6.68. The number of likely N-dealkylation sites (tertiary alicyclic amines) is 1. The summed E-state index contributed by atoms with van der Waals surface area (Å²) in [4.78, 5) is 33.5. The lowest BCUT2D eigenvalue weighted by atomic mass is 9.85. The van der Waals surface area contributed by atoms with E-state index in [9.17, 15) is 9.59 Å². The van der Waals surface area contributed by atoms with E-state index >= 15 is 0 Å². The van der Waals surface area contributed by atoms with Crippen molar-refractivity contribution in [3.8, 4) is 23.0 Å². The van der Waals surface area contributed by atoms with E-state index in [0.29, 0.717) is 63.7 Å². The molecule has 6 rings (SSSR count). The topological polar surface area (TPSA) is 80.8 Å². The van der Waals surface area contributed by atoms with Crippen LogP contribution in [0.15, 0.2) is 97.1 Å². The van der Waals surface area contributed by atoms with Crippen molar-refractivity contribution in [1.29, 1.82) is 0 Å². The lowest BCUT2D eigenvalue weighted by molar-refractivity contribution is -0.136. The van der Waals surface area contributed by atoms with Gasteiger partial charge in [-0.2, -0.15) is 0 Å². The van der Waals surface area contributed by atoms with Gasteiger partial charge in [0.25, 0.3) is 5.91 Å². The number of piperidine rings is 1. The minimum absolute atomic E-state index is 0.131. The van der Waals surface area contributed by atoms with E-state index in [4.69, 9.17) is 18.9 Å². The number of rotatable bonds is 13. The molecular weight excluding hydrogens is 606 g/mol. The van der Waals surface area contributed by atoms with Crippen LogP contribution in [0.25, 0.3) is 0 Å². The van der Waals surface area contributed by atoms with Crippen LogP contribution in [0.5, 0.6) is 23.0 Å². The van der Waals surface area contributed by atoms with Crippen LogP contribution >= 0.6 is 0 Å². The van der Waals surface area contributed by atoms with Crippen molar-refractivity contribution in [1.82, 2.24) is 14.7 Å². The summed E-state index contributed by atoms with van der Waals surface area (Å²) in [5.41, 5.74) is 3.10. The summed E-state index contributed by atoms with van der Waals surface area (Å²) in [6, 6.07) is 31.2. The number of amides is 3. The summed E-state index contributed by atoms with van der Waals surface area (Å²) >= 11 is 0. The number of imide groups is 1. The summed E-state index contributed by atoms with van der Waals surface area (Å²) in [7, 11) is 3.29. The monoisotopic (exact) mass is 649 g/mol. The molecule has 4 aromatic carbocycles. The zero-order chi connectivity index (χ0) is 33.5. The average molecular weight is 650 g/mol. The van der Waals surface area contributed by atoms with Crippen molar-refractivity contribution >= 4 is 11.9 Å². The lowest BCUT2D eigenvalue weighted by Gasteiger charge is -2.42. The second kappa shape index (κ2) is 14.8. The molecule has 0 saturated carbocycles. The fourth-order valence-corrected chi connectivity index (χ4v) is 6.68. The molecule has 0 atom stereocenters. The first-order valence-corrected chi connectivity index (χ1v) is 16.5. The summed E-state index contributed by atoms with van der Waals surface area (Å²) in [6.45, 7) is 5.39. The van der Waals surface area contributed by atoms with Gasteiger partial charge in [-0.1, -0.05) is 66.7 Å². The molecule has 2 fully saturated rings. The molecule has 4 aromatic rings. The molecule has 0 unspecified atom stereocenters. The number of benzene rings is 4. The third kappa shape index (κ3) is 7.11. The number of ether oxygens (including phenoxy) is 4. The molecule has 250 valence electrons. The van der Waals surface area contributed by atoms with Gasteiger partial charge in [-0.05, 0) is 66.3 Å². The molecule has 3 amide bonds. The Kier molecular flexibility index (Phi) is 10.2. The Morgan fingerprint density at radius 2 is 1.23 bits per heavy atom. The fraction of sp³-hybridized carbons (Fsp3) is 0.333. The van der Waals surface area contributed by atoms with E-state index < -0.39 is 5.54 Å². The Bertz CT molecular complexity index is 1680. The highest BCUT2D eigenvalue weighted by atomic mass is 16.5. The molecule has 0 aliphatic carbocycles. The van der Waals surface area contributed by atoms with Gasteiger partial charge in [0, 0.05) is 32.2 Å². The minimum Gasteiger partial charge on any atom is -0.497 e. The molecule has 2 saturated heterocycles. The molecule has 2 heterocycles. The van der Waals surface area contributed by atoms with Crippen LogP contribution in [0.1, 0.15) is 42.0 Å². The van der Waals surface area contributed by atoms with Crippen molar-refractivity contribution in [2.75, 3.05) is 33.9 Å². The summed E-state index contributed by atoms with van der Waals surface area (Å²) in [5, 5.41) is 0. The van der Waals surface area contributed by atoms with Crippen molar-refractivity contribution in [2.45, 2.75) is 51.6 Å². The molecular formula is C39H43N3O6. The average Bonchev–Trinajstić information content (AvgIpc) is 3.32. The zero-order valence-corrected chi connectivity index (χ0v) is 27.9. The first kappa shape index (κ1) is 32.9. The van der Waals surface area contributed by atoms with Gasteiger partial charge in [-0.25, -0.2) is 4.79 Å². The molecule has 48 heavy (non-hydrogen) atoms. The molecule has 2 aliphatic rings. The number of methoxy groups -OCH3 is 2. The summed E-state index contributed by atoms with van der Waals surface area (Å²) < 4.78 is 23.3. The Balaban J connectivity index is 1.17. The Hall–Kier alpha value is -5.02. The smallest absolute Gasteiger partial charge is 0.327 e. The standard InChI is InChI=1S/C39H43N3O6/c1-4-42-38(44)41(37(43)39(42)17-19-40(20-18-39)25-32-21-33(45-2)24-34(22-32)46-3)26-31-15-16-35(47-27-29-11-7-5-8-12-29)36(23-31)48-28-30-13-9-6-10-14-30/h5-16,21-24H,4,17-20,25-28H2,1-3H3. The van der Waals surface area contributed by atoms with Crippen LogP contribution in [0.2, 0.25) is 0 Å². The molecule has 0 radical (unpaired) electrons. The van der Waals surface area contributed by atoms with Crippen LogP contribution in [0.4, 0.5) is 4.79 Å². The Morgan fingerprint density at radius 1 is 0.646 bits per heavy atom. The van der Waals surface area contributed by atoms with Crippen LogP contribution in [0, 0.1) is 0 Å². The van der Waals surface area contributed by atoms with E-state index in [2.05, 4.69) is 4.90 Å². The van der Waals surface area contributed by atoms with Gasteiger partial charge >= 0.3 is 6.03 Å². The van der Waals surface area contributed by atoms with Gasteiger partial charge in [0.05, 0.1) is 20.8 Å². The largest absolute Gasteiger partial charge is 0.497 e. The predicted molar refractivity (Wildman–Crippen MR) is 183 cm³/mol. The number of nitrogens with zero attached hydrogens (tertiary/aromatic N) is 3. The Labute approximate surface area is 282 Å². The SMILES string of the molecule is CCN1C(=O)N(Cc2ccc(OCc3ccccc3)c(OCc3ccccc3)c2)C(=O)C12CCN(Cc1cc(OC)cc(OC)c1)CC2. The summed E-state index contributed by atoms with van der Waals surface area (Å²) in [6.07, 6.45) is 1.14. The number of hydrogen-bond acceptors (Lipinski definition) is 7. The summed E-state index contributed by atoms with van der Waals surface area (Å²) in [5.74, 6) is 2.52. The number of carbonyl (C=O) groups excluding carboxylic acids is 2. The number of likely N-dealkylation sites (N-methyl/N-ethyl adjacent to an activating group) is 1. The molecule has 0 bridgehead atoms. The maximum atomic E-state index is 14.2. The van der Waals surface area contributed by atoms with Crippen molar-refractivity contribution < 1.29 is 28.5 Å². The van der Waals surface area contributed by atoms with Crippen LogP contribution in [-0.2, 0) is 31.1 Å². The second-order valence-electron chi connectivity index (χ2n) is 12.3. The van der Waals surface area contributed by atoms with Gasteiger partial charge in [-0.15, -0.1) is 0 Å². The molecule has 0 aromatic heterocycles. The van der Waals surface area contributed by atoms with Crippen LogP contribution in [0.3, 0.4) is 0 Å². The second-order valence-corrected chi connectivity index (χ2v) is 12.3. The van der Waals surface area contributed by atoms with Gasteiger partial charge in [0.15, 0.2) is 11.5 Å². The highest BCUT2D eigenvalue weighted by Crippen LogP contribution is 2.39. The number of hydrogen-bond donors (Lipinski definition) is 0. The highest BCUT2D eigenvalue weighted by molar-refractivity contribution is 6.07. The molecule has 0 N–H and O–H groups in total. The van der Waals surface area contributed by atoms with Gasteiger partial charge in [0.2, 0.25) is 0 Å². The van der Waals surface area contributed by atoms with Gasteiger partial charge < -0.3 is 23.8 Å². The number of carbonyl (C=O) groups is 2. The maximum absolute atomic E-state index is 14.2. The van der Waals surface area contributed by atoms with Gasteiger partial charge in [0.1, 0.15) is 30.3 Å². The van der Waals surface area contributed by atoms with Crippen molar-refractivity contribution in [3.05, 3.63) is 119 Å². The zero-order valence-electron chi connectivity index (χ0n) is 27.9. The van der Waals surface area contributed by atoms with E-state index in [1.807, 2.05) is 104 Å². The normalized spacial score (nSPS) is 16.0. The third-order valence-corrected chi connectivity index (χ3v) is 9.26. The molecule has 2 aliphatic heterocycles.